The fraction of sp³-hybridized carbons (Fsp3) is 0.440. The second-order valence-electron chi connectivity index (χ2n) is 9.18. The van der Waals surface area contributed by atoms with Crippen LogP contribution >= 0.6 is 0 Å². The van der Waals surface area contributed by atoms with Crippen molar-refractivity contribution in [1.82, 2.24) is 10.3 Å². The van der Waals surface area contributed by atoms with Crippen molar-refractivity contribution >= 4 is 15.7 Å². The fourth-order valence-electron chi connectivity index (χ4n) is 4.05. The second-order valence-corrected chi connectivity index (χ2v) is 10.8. The van der Waals surface area contributed by atoms with Gasteiger partial charge in [-0.15, -0.1) is 4.83 Å². The molecule has 3 rings (SSSR count). The molecule has 168 valence electrons. The molecule has 31 heavy (non-hydrogen) atoms. The molecule has 0 fully saturated rings. The molecule has 5 nitrogen and oxygen atoms in total. The number of aromatic hydroxyl groups is 1. The number of fused-ring (bicyclic) bond motifs is 1. The van der Waals surface area contributed by atoms with E-state index in [0.717, 1.165) is 40.7 Å². The maximum absolute atomic E-state index is 13.5. The van der Waals surface area contributed by atoms with Gasteiger partial charge in [-0.05, 0) is 53.4 Å². The molecule has 0 heterocycles. The number of benzene rings is 2. The number of hydrogen-bond donors (Lipinski definition) is 3. The molecular weight excluding hydrogens is 408 g/mol. The smallest absolute Gasteiger partial charge is 0.257 e. The van der Waals surface area contributed by atoms with Gasteiger partial charge < -0.3 is 10.5 Å². The third kappa shape index (κ3) is 4.80. The molecule has 0 aromatic heterocycles. The second kappa shape index (κ2) is 9.05. The molecule has 0 saturated carbocycles. The molecule has 0 aliphatic heterocycles. The average molecular weight is 443 g/mol. The Balaban J connectivity index is 2.01. The highest BCUT2D eigenvalue weighted by molar-refractivity contribution is 7.89. The van der Waals surface area contributed by atoms with Crippen molar-refractivity contribution in [3.8, 4) is 5.75 Å². The Morgan fingerprint density at radius 1 is 0.935 bits per heavy atom. The van der Waals surface area contributed by atoms with E-state index in [4.69, 9.17) is 0 Å². The van der Waals surface area contributed by atoms with E-state index in [1.807, 2.05) is 52.0 Å². The lowest BCUT2D eigenvalue weighted by atomic mass is 9.89. The van der Waals surface area contributed by atoms with Crippen molar-refractivity contribution in [1.29, 1.82) is 0 Å². The zero-order valence-corrected chi connectivity index (χ0v) is 20.1. The van der Waals surface area contributed by atoms with Crippen LogP contribution in [0, 0.1) is 0 Å². The first-order chi connectivity index (χ1) is 14.5. The first-order valence-electron chi connectivity index (χ1n) is 11.0. The zero-order valence-electron chi connectivity index (χ0n) is 19.3. The predicted octanol–water partition coefficient (Wildman–Crippen LogP) is 5.53. The number of nitrogens with one attached hydrogen (secondary N) is 2. The topological polar surface area (TPSA) is 78.4 Å². The number of allylic oxidation sites excluding steroid dienone is 1. The molecular formula is C25H34N2O3S. The minimum Gasteiger partial charge on any atom is -0.508 e. The van der Waals surface area contributed by atoms with Crippen LogP contribution in [-0.4, -0.2) is 13.5 Å². The molecule has 1 aliphatic rings. The van der Waals surface area contributed by atoms with Crippen LogP contribution in [-0.2, 0) is 16.4 Å². The van der Waals surface area contributed by atoms with Gasteiger partial charge in [0.25, 0.3) is 10.0 Å². The van der Waals surface area contributed by atoms with Crippen LogP contribution < -0.4 is 10.3 Å². The maximum Gasteiger partial charge on any atom is 0.257 e. The standard InChI is InChI=1S/C25H34N2O3S/c1-15(2)18-13-21(16(3)4)25(22(14-18)17(5)6)31(29,30)27-26-23-11-7-10-20-19(23)9-8-12-24(20)28/h8-9,11-17,26-28H,7,10H2,1-6H3. The van der Waals surface area contributed by atoms with E-state index in [9.17, 15) is 13.5 Å². The lowest BCUT2D eigenvalue weighted by molar-refractivity contribution is 0.467. The van der Waals surface area contributed by atoms with Crippen LogP contribution in [0.25, 0.3) is 5.70 Å². The number of rotatable bonds is 7. The molecule has 0 saturated heterocycles. The van der Waals surface area contributed by atoms with Crippen molar-refractivity contribution in [2.75, 3.05) is 0 Å². The lowest BCUT2D eigenvalue weighted by Crippen LogP contribution is -2.38. The number of hydrogen-bond acceptors (Lipinski definition) is 4. The van der Waals surface area contributed by atoms with Gasteiger partial charge in [0.1, 0.15) is 5.75 Å². The molecule has 1 aliphatic carbocycles. The summed E-state index contributed by atoms with van der Waals surface area (Å²) < 4.78 is 27.1. The third-order valence-corrected chi connectivity index (χ3v) is 7.23. The van der Waals surface area contributed by atoms with E-state index in [1.165, 1.54) is 0 Å². The first kappa shape index (κ1) is 23.4. The van der Waals surface area contributed by atoms with Gasteiger partial charge in [0.15, 0.2) is 0 Å². The van der Waals surface area contributed by atoms with Crippen LogP contribution in [0.4, 0.5) is 0 Å². The molecule has 2 aromatic carbocycles. The summed E-state index contributed by atoms with van der Waals surface area (Å²) >= 11 is 0. The monoisotopic (exact) mass is 442 g/mol. The largest absolute Gasteiger partial charge is 0.508 e. The summed E-state index contributed by atoms with van der Waals surface area (Å²) in [6.07, 6.45) is 3.41. The Bertz CT molecular complexity index is 1070. The Kier molecular flexibility index (Phi) is 6.82. The summed E-state index contributed by atoms with van der Waals surface area (Å²) in [5, 5.41) is 10.2. The van der Waals surface area contributed by atoms with Crippen LogP contribution in [0.2, 0.25) is 0 Å². The highest BCUT2D eigenvalue weighted by Gasteiger charge is 2.27. The van der Waals surface area contributed by atoms with Crippen molar-refractivity contribution in [3.05, 3.63) is 64.2 Å². The van der Waals surface area contributed by atoms with Gasteiger partial charge in [-0.3, -0.25) is 0 Å². The summed E-state index contributed by atoms with van der Waals surface area (Å²) in [6.45, 7) is 12.4. The molecule has 6 heteroatoms. The Hall–Kier alpha value is -2.31. The zero-order chi connectivity index (χ0) is 22.9. The van der Waals surface area contributed by atoms with E-state index in [-0.39, 0.29) is 17.6 Å². The van der Waals surface area contributed by atoms with Crippen molar-refractivity contribution in [2.45, 2.75) is 77.0 Å². The molecule has 0 radical (unpaired) electrons. The fourth-order valence-corrected chi connectivity index (χ4v) is 5.61. The number of sulfonamides is 1. The molecule has 0 unspecified atom stereocenters. The molecule has 0 amide bonds. The van der Waals surface area contributed by atoms with E-state index in [0.29, 0.717) is 16.5 Å². The number of hydrazine groups is 1. The van der Waals surface area contributed by atoms with Crippen molar-refractivity contribution in [3.63, 3.8) is 0 Å². The van der Waals surface area contributed by atoms with Gasteiger partial charge in [-0.25, -0.2) is 8.42 Å². The van der Waals surface area contributed by atoms with Gasteiger partial charge in [0, 0.05) is 11.1 Å². The summed E-state index contributed by atoms with van der Waals surface area (Å²) in [5.74, 6) is 0.680. The summed E-state index contributed by atoms with van der Waals surface area (Å²) in [7, 11) is -3.83. The molecule has 0 atom stereocenters. The molecule has 0 bridgehead atoms. The van der Waals surface area contributed by atoms with E-state index >= 15 is 0 Å². The average Bonchev–Trinajstić information content (AvgIpc) is 2.71. The quantitative estimate of drug-likeness (QED) is 0.493. The van der Waals surface area contributed by atoms with Crippen molar-refractivity contribution < 1.29 is 13.5 Å². The van der Waals surface area contributed by atoms with Crippen LogP contribution in [0.3, 0.4) is 0 Å². The van der Waals surface area contributed by atoms with Gasteiger partial charge in [-0.2, -0.15) is 0 Å². The normalized spacial score (nSPS) is 14.2. The highest BCUT2D eigenvalue weighted by Crippen LogP contribution is 2.35. The minimum atomic E-state index is -3.83. The minimum absolute atomic E-state index is 0.0642. The van der Waals surface area contributed by atoms with Gasteiger partial charge in [-0.1, -0.05) is 71.9 Å². The van der Waals surface area contributed by atoms with Crippen LogP contribution in [0.1, 0.15) is 93.5 Å². The Morgan fingerprint density at radius 3 is 2.10 bits per heavy atom. The molecule has 0 spiro atoms. The van der Waals surface area contributed by atoms with Gasteiger partial charge in [0.2, 0.25) is 0 Å². The summed E-state index contributed by atoms with van der Waals surface area (Å²) in [5.41, 5.74) is 8.06. The van der Waals surface area contributed by atoms with Crippen molar-refractivity contribution in [2.24, 2.45) is 0 Å². The maximum atomic E-state index is 13.5. The molecule has 3 N–H and O–H groups in total. The first-order valence-corrected chi connectivity index (χ1v) is 12.5. The predicted molar refractivity (Wildman–Crippen MR) is 127 cm³/mol. The Labute approximate surface area is 186 Å². The molecule has 2 aromatic rings. The van der Waals surface area contributed by atoms with Gasteiger partial charge >= 0.3 is 0 Å². The van der Waals surface area contributed by atoms with Gasteiger partial charge in [0.05, 0.1) is 10.6 Å². The summed E-state index contributed by atoms with van der Waals surface area (Å²) in [6, 6.07) is 9.37. The van der Waals surface area contributed by atoms with E-state index < -0.39 is 10.0 Å². The number of phenolic OH excluding ortho intramolecular Hbond substituents is 1. The van der Waals surface area contributed by atoms with Crippen LogP contribution in [0.15, 0.2) is 41.3 Å². The summed E-state index contributed by atoms with van der Waals surface area (Å²) in [4.78, 5) is 2.98. The Morgan fingerprint density at radius 2 is 1.55 bits per heavy atom. The van der Waals surface area contributed by atoms with Crippen LogP contribution in [0.5, 0.6) is 5.75 Å². The SMILES string of the molecule is CC(C)c1cc(C(C)C)c(S(=O)(=O)NNC2=CCCc3c(O)cccc32)c(C(C)C)c1. The third-order valence-electron chi connectivity index (χ3n) is 5.85. The number of phenols is 1. The van der Waals surface area contributed by atoms with E-state index in [1.54, 1.807) is 12.1 Å². The lowest BCUT2D eigenvalue weighted by Gasteiger charge is -2.24. The van der Waals surface area contributed by atoms with E-state index in [2.05, 4.69) is 24.1 Å². The highest BCUT2D eigenvalue weighted by atomic mass is 32.2.